The van der Waals surface area contributed by atoms with E-state index in [0.29, 0.717) is 41.7 Å². The molecule has 4 aliphatic carbocycles. The number of phenols is 1. The van der Waals surface area contributed by atoms with Crippen LogP contribution in [-0.2, 0) is 16.6 Å². The first-order chi connectivity index (χ1) is 20.4. The molecular weight excluding hydrogens is 524 g/mol. The van der Waals surface area contributed by atoms with Crippen molar-refractivity contribution in [3.8, 4) is 17.2 Å². The fourth-order valence-electron chi connectivity index (χ4n) is 10.1. The Hall–Kier alpha value is -1.95. The van der Waals surface area contributed by atoms with Crippen LogP contribution in [0.4, 0.5) is 0 Å². The Bertz CT molecular complexity index is 1160. The van der Waals surface area contributed by atoms with Gasteiger partial charge in [-0.15, -0.1) is 0 Å². The highest BCUT2D eigenvalue weighted by molar-refractivity contribution is 5.77. The minimum atomic E-state index is -0.154. The number of piperidine rings is 1. The summed E-state index contributed by atoms with van der Waals surface area (Å²) < 4.78 is 12.9. The van der Waals surface area contributed by atoms with Crippen LogP contribution in [-0.4, -0.2) is 65.7 Å². The van der Waals surface area contributed by atoms with E-state index in [-0.39, 0.29) is 17.6 Å². The summed E-state index contributed by atoms with van der Waals surface area (Å²) in [4.78, 5) is 19.1. The molecule has 232 valence electrons. The van der Waals surface area contributed by atoms with Crippen LogP contribution in [0.5, 0.6) is 17.2 Å². The lowest BCUT2D eigenvalue weighted by molar-refractivity contribution is -0.143. The van der Waals surface area contributed by atoms with Gasteiger partial charge in [0.25, 0.3) is 0 Å². The molecule has 4 fully saturated rings. The van der Waals surface area contributed by atoms with Crippen LogP contribution in [0.25, 0.3) is 0 Å². The molecule has 0 radical (unpaired) electrons. The predicted molar refractivity (Wildman–Crippen MR) is 165 cm³/mol. The standard InChI is InChI=1S/C36H54N2O4/c1-23(2)21-38(32(40)12-8-7-11-24-9-5-4-6-10-24)28-16-15-27-29-19-26-30(39)20-31(41-3)34-33(26)36(27,35(28)42-34)17-18-37(29)22-25-13-14-25/h20,23-25,27-29,35,39H,4-19,21-22H2,1-3H3/t27-,28-,29+,35-,36-/m0/s1. The molecule has 0 unspecified atom stereocenters. The summed E-state index contributed by atoms with van der Waals surface area (Å²) in [5.41, 5.74) is 2.16. The number of benzene rings is 1. The van der Waals surface area contributed by atoms with Crippen LogP contribution in [0.3, 0.4) is 0 Å². The van der Waals surface area contributed by atoms with E-state index in [2.05, 4.69) is 23.6 Å². The van der Waals surface area contributed by atoms with Crippen molar-refractivity contribution >= 4 is 5.91 Å². The van der Waals surface area contributed by atoms with E-state index >= 15 is 0 Å². The van der Waals surface area contributed by atoms with Crippen molar-refractivity contribution in [3.05, 3.63) is 17.2 Å². The van der Waals surface area contributed by atoms with Crippen molar-refractivity contribution in [2.24, 2.45) is 23.7 Å². The summed E-state index contributed by atoms with van der Waals surface area (Å²) in [6.07, 6.45) is 17.8. The molecule has 6 nitrogen and oxygen atoms in total. The van der Waals surface area contributed by atoms with Crippen molar-refractivity contribution in [1.29, 1.82) is 0 Å². The van der Waals surface area contributed by atoms with E-state index in [4.69, 9.17) is 9.47 Å². The molecule has 7 rings (SSSR count). The number of unbranched alkanes of at least 4 members (excludes halogenated alkanes) is 1. The predicted octanol–water partition coefficient (Wildman–Crippen LogP) is 6.84. The number of hydrogen-bond acceptors (Lipinski definition) is 5. The zero-order chi connectivity index (χ0) is 29.0. The van der Waals surface area contributed by atoms with E-state index in [1.807, 2.05) is 0 Å². The molecule has 1 amide bonds. The number of rotatable bonds is 11. The lowest BCUT2D eigenvalue weighted by atomic mass is 9.50. The number of phenolic OH excluding ortho intramolecular Hbond substituents is 1. The molecule has 1 spiro atoms. The van der Waals surface area contributed by atoms with Gasteiger partial charge in [0.05, 0.1) is 13.2 Å². The first-order valence-corrected chi connectivity index (χ1v) is 17.5. The third-order valence-corrected chi connectivity index (χ3v) is 12.2. The molecule has 2 aliphatic heterocycles. The average Bonchev–Trinajstić information content (AvgIpc) is 3.74. The number of amides is 1. The highest BCUT2D eigenvalue weighted by Crippen LogP contribution is 2.66. The van der Waals surface area contributed by atoms with E-state index < -0.39 is 0 Å². The number of carbonyl (C=O) groups is 1. The van der Waals surface area contributed by atoms with Crippen LogP contribution in [0.1, 0.15) is 115 Å². The van der Waals surface area contributed by atoms with Crippen molar-refractivity contribution in [3.63, 3.8) is 0 Å². The van der Waals surface area contributed by atoms with Gasteiger partial charge in [-0.25, -0.2) is 0 Å². The summed E-state index contributed by atoms with van der Waals surface area (Å²) in [6.45, 7) is 7.55. The van der Waals surface area contributed by atoms with E-state index in [9.17, 15) is 9.90 Å². The summed E-state index contributed by atoms with van der Waals surface area (Å²) in [5, 5.41) is 11.3. The van der Waals surface area contributed by atoms with Crippen LogP contribution >= 0.6 is 0 Å². The second kappa shape index (κ2) is 11.5. The van der Waals surface area contributed by atoms with E-state index in [0.717, 1.165) is 68.3 Å². The Balaban J connectivity index is 1.17. The molecule has 6 heteroatoms. The third-order valence-electron chi connectivity index (χ3n) is 12.2. The number of aromatic hydroxyl groups is 1. The molecule has 3 saturated carbocycles. The number of methoxy groups -OCH3 is 1. The maximum atomic E-state index is 14.1. The van der Waals surface area contributed by atoms with Crippen molar-refractivity contribution in [2.45, 2.75) is 134 Å². The van der Waals surface area contributed by atoms with Crippen molar-refractivity contribution in [1.82, 2.24) is 9.80 Å². The molecule has 2 heterocycles. The molecular formula is C36H54N2O4. The number of nitrogens with zero attached hydrogens (tertiary/aromatic N) is 2. The number of ether oxygens (including phenoxy) is 2. The lowest BCUT2D eigenvalue weighted by Crippen LogP contribution is -2.69. The molecule has 6 aliphatic rings. The minimum absolute atomic E-state index is 0.0651. The van der Waals surface area contributed by atoms with Crippen LogP contribution < -0.4 is 9.47 Å². The maximum absolute atomic E-state index is 14.1. The average molecular weight is 579 g/mol. The molecule has 1 N–H and O–H groups in total. The van der Waals surface area contributed by atoms with Crippen LogP contribution in [0.2, 0.25) is 0 Å². The Morgan fingerprint density at radius 2 is 1.93 bits per heavy atom. The SMILES string of the molecule is COc1cc(O)c2c3c1O[C@H]1[C@@H](N(CC(C)C)C(=O)CCCCC4CCCCC4)CC[C@H]4[C@@H](C2)N(CC2CC2)CC[C@@]341. The number of hydrogen-bond donors (Lipinski definition) is 1. The fraction of sp³-hybridized carbons (Fsp3) is 0.806. The zero-order valence-electron chi connectivity index (χ0n) is 26.4. The molecule has 1 aromatic rings. The highest BCUT2D eigenvalue weighted by atomic mass is 16.5. The summed E-state index contributed by atoms with van der Waals surface area (Å²) >= 11 is 0. The van der Waals surface area contributed by atoms with Crippen molar-refractivity contribution in [2.75, 3.05) is 26.7 Å². The van der Waals surface area contributed by atoms with E-state index in [1.54, 1.807) is 13.2 Å². The van der Waals surface area contributed by atoms with Gasteiger partial charge in [0.1, 0.15) is 11.9 Å². The Kier molecular flexibility index (Phi) is 7.90. The minimum Gasteiger partial charge on any atom is -0.508 e. The van der Waals surface area contributed by atoms with Crippen molar-refractivity contribution < 1.29 is 19.4 Å². The maximum Gasteiger partial charge on any atom is 0.222 e. The largest absolute Gasteiger partial charge is 0.508 e. The molecule has 0 aromatic heterocycles. The van der Waals surface area contributed by atoms with Gasteiger partial charge in [-0.2, -0.15) is 0 Å². The fourth-order valence-corrected chi connectivity index (χ4v) is 10.1. The lowest BCUT2D eigenvalue weighted by Gasteiger charge is -2.60. The van der Waals surface area contributed by atoms with Gasteiger partial charge in [-0.05, 0) is 75.2 Å². The summed E-state index contributed by atoms with van der Waals surface area (Å²) in [5.74, 6) is 4.82. The van der Waals surface area contributed by atoms with Gasteiger partial charge in [0, 0.05) is 48.2 Å². The van der Waals surface area contributed by atoms with Gasteiger partial charge in [-0.1, -0.05) is 58.8 Å². The van der Waals surface area contributed by atoms with Gasteiger partial charge in [0.15, 0.2) is 11.5 Å². The monoisotopic (exact) mass is 578 g/mol. The number of carbonyl (C=O) groups excluding carboxylic acids is 1. The Labute approximate surface area is 253 Å². The molecule has 42 heavy (non-hydrogen) atoms. The highest BCUT2D eigenvalue weighted by Gasteiger charge is 2.67. The molecule has 1 aromatic carbocycles. The third kappa shape index (κ3) is 4.92. The smallest absolute Gasteiger partial charge is 0.222 e. The van der Waals surface area contributed by atoms with Gasteiger partial charge < -0.3 is 19.5 Å². The van der Waals surface area contributed by atoms with E-state index in [1.165, 1.54) is 69.9 Å². The Morgan fingerprint density at radius 1 is 1.12 bits per heavy atom. The zero-order valence-corrected chi connectivity index (χ0v) is 26.4. The first-order valence-electron chi connectivity index (χ1n) is 17.5. The van der Waals surface area contributed by atoms with Gasteiger partial charge in [-0.3, -0.25) is 9.69 Å². The second-order valence-electron chi connectivity index (χ2n) is 15.3. The Morgan fingerprint density at radius 3 is 2.67 bits per heavy atom. The molecule has 5 atom stereocenters. The normalized spacial score (nSPS) is 32.0. The first kappa shape index (κ1) is 28.8. The molecule has 2 bridgehead atoms. The molecule has 1 saturated heterocycles. The topological polar surface area (TPSA) is 62.2 Å². The van der Waals surface area contributed by atoms with Crippen LogP contribution in [0, 0.1) is 23.7 Å². The number of likely N-dealkylation sites (tertiary alicyclic amines) is 1. The van der Waals surface area contributed by atoms with Gasteiger partial charge >= 0.3 is 0 Å². The summed E-state index contributed by atoms with van der Waals surface area (Å²) in [7, 11) is 1.68. The van der Waals surface area contributed by atoms with Crippen LogP contribution in [0.15, 0.2) is 6.07 Å². The summed E-state index contributed by atoms with van der Waals surface area (Å²) in [6, 6.07) is 2.29. The van der Waals surface area contributed by atoms with Gasteiger partial charge in [0.2, 0.25) is 5.91 Å². The quantitative estimate of drug-likeness (QED) is 0.291. The second-order valence-corrected chi connectivity index (χ2v) is 15.3.